The standard InChI is InChI=1S/C13H18.C7H5F3N4/c1-3-12-10(2)8-9-11-6-4-5-7-13(11)12;8-7(9,10)4-1-3-5(11)12-2-13-6(3)14-4/h4-7,10,12H,3,8-9H2,1-2H3;1-2H,(H3,11,12,13,14)/t10-,12-;/m0./s1. The van der Waals surface area contributed by atoms with Crippen molar-refractivity contribution in [1.29, 1.82) is 0 Å². The maximum atomic E-state index is 12.2. The zero-order valence-electron chi connectivity index (χ0n) is 15.3. The average Bonchev–Trinajstić information content (AvgIpc) is 3.08. The van der Waals surface area contributed by atoms with E-state index in [9.17, 15) is 13.2 Å². The predicted octanol–water partition coefficient (Wildman–Crippen LogP) is 5.32. The molecule has 7 heteroatoms. The Kier molecular flexibility index (Phi) is 5.39. The fourth-order valence-corrected chi connectivity index (χ4v) is 3.75. The minimum absolute atomic E-state index is 0.0294. The molecular weight excluding hydrogens is 353 g/mol. The fourth-order valence-electron chi connectivity index (χ4n) is 3.75. The third-order valence-electron chi connectivity index (χ3n) is 5.21. The summed E-state index contributed by atoms with van der Waals surface area (Å²) in [6.45, 7) is 4.70. The van der Waals surface area contributed by atoms with Gasteiger partial charge in [0.25, 0.3) is 0 Å². The molecule has 3 N–H and O–H groups in total. The van der Waals surface area contributed by atoms with Crippen LogP contribution in [0.1, 0.15) is 49.4 Å². The average molecular weight is 376 g/mol. The third-order valence-corrected chi connectivity index (χ3v) is 5.21. The second kappa shape index (κ2) is 7.58. The zero-order chi connectivity index (χ0) is 19.6. The van der Waals surface area contributed by atoms with E-state index >= 15 is 0 Å². The number of H-pyrrole nitrogens is 1. The molecule has 0 spiro atoms. The number of hydrogen-bond acceptors (Lipinski definition) is 3. The molecule has 4 nitrogen and oxygen atoms in total. The Morgan fingerprint density at radius 3 is 2.63 bits per heavy atom. The maximum Gasteiger partial charge on any atom is 0.431 e. The Labute approximate surface area is 156 Å². The lowest BCUT2D eigenvalue weighted by Gasteiger charge is -2.30. The first kappa shape index (κ1) is 19.2. The van der Waals surface area contributed by atoms with Crippen LogP contribution in [0.4, 0.5) is 19.0 Å². The Balaban J connectivity index is 0.000000156. The second-order valence-corrected chi connectivity index (χ2v) is 6.93. The fraction of sp³-hybridized carbons (Fsp3) is 0.400. The minimum Gasteiger partial charge on any atom is -0.383 e. The molecule has 0 unspecified atom stereocenters. The number of anilines is 1. The van der Waals surface area contributed by atoms with Crippen molar-refractivity contribution in [3.8, 4) is 0 Å². The third kappa shape index (κ3) is 4.07. The topological polar surface area (TPSA) is 67.6 Å². The highest BCUT2D eigenvalue weighted by Crippen LogP contribution is 2.37. The molecule has 0 saturated heterocycles. The van der Waals surface area contributed by atoms with Gasteiger partial charge in [0, 0.05) is 0 Å². The largest absolute Gasteiger partial charge is 0.431 e. The van der Waals surface area contributed by atoms with Crippen LogP contribution in [-0.4, -0.2) is 15.0 Å². The smallest absolute Gasteiger partial charge is 0.383 e. The van der Waals surface area contributed by atoms with Crippen LogP contribution in [0.3, 0.4) is 0 Å². The van der Waals surface area contributed by atoms with Gasteiger partial charge in [-0.25, -0.2) is 9.97 Å². The van der Waals surface area contributed by atoms with Gasteiger partial charge in [0.15, 0.2) is 0 Å². The van der Waals surface area contributed by atoms with E-state index in [0.29, 0.717) is 0 Å². The van der Waals surface area contributed by atoms with E-state index in [1.807, 2.05) is 0 Å². The number of nitrogens with zero attached hydrogens (tertiary/aromatic N) is 2. The van der Waals surface area contributed by atoms with Gasteiger partial charge in [-0.1, -0.05) is 38.1 Å². The molecule has 4 rings (SSSR count). The molecule has 1 aliphatic rings. The number of nitrogens with two attached hydrogens (primary N) is 1. The van der Waals surface area contributed by atoms with Gasteiger partial charge < -0.3 is 10.7 Å². The number of nitrogens with one attached hydrogen (secondary N) is 1. The quantitative estimate of drug-likeness (QED) is 0.604. The van der Waals surface area contributed by atoms with Crippen LogP contribution < -0.4 is 5.73 Å². The molecule has 2 heterocycles. The number of aromatic nitrogens is 3. The van der Waals surface area contributed by atoms with E-state index in [4.69, 9.17) is 5.73 Å². The predicted molar refractivity (Wildman–Crippen MR) is 100 cm³/mol. The van der Waals surface area contributed by atoms with Crippen LogP contribution in [0.25, 0.3) is 11.0 Å². The number of halogens is 3. The highest BCUT2D eigenvalue weighted by molar-refractivity contribution is 5.86. The Morgan fingerprint density at radius 1 is 1.22 bits per heavy atom. The summed E-state index contributed by atoms with van der Waals surface area (Å²) in [7, 11) is 0. The Bertz CT molecular complexity index is 917. The lowest BCUT2D eigenvalue weighted by Crippen LogP contribution is -2.17. The summed E-state index contributed by atoms with van der Waals surface area (Å²) in [6.07, 6.45) is 0.628. The van der Waals surface area contributed by atoms with Crippen molar-refractivity contribution in [1.82, 2.24) is 15.0 Å². The molecule has 3 aromatic rings. The summed E-state index contributed by atoms with van der Waals surface area (Å²) in [4.78, 5) is 9.33. The first-order valence-corrected chi connectivity index (χ1v) is 9.05. The summed E-state index contributed by atoms with van der Waals surface area (Å²) in [6, 6.07) is 9.86. The zero-order valence-corrected chi connectivity index (χ0v) is 15.3. The molecule has 0 bridgehead atoms. The lowest BCUT2D eigenvalue weighted by molar-refractivity contribution is -0.140. The van der Waals surface area contributed by atoms with Crippen LogP contribution in [0.15, 0.2) is 36.7 Å². The summed E-state index contributed by atoms with van der Waals surface area (Å²) in [5, 5.41) is 0.180. The molecule has 2 aromatic heterocycles. The summed E-state index contributed by atoms with van der Waals surface area (Å²) < 4.78 is 36.7. The number of hydrogen-bond donors (Lipinski definition) is 2. The van der Waals surface area contributed by atoms with Gasteiger partial charge in [-0.15, -0.1) is 0 Å². The number of nitrogen functional groups attached to an aromatic ring is 1. The Morgan fingerprint density at radius 2 is 1.96 bits per heavy atom. The van der Waals surface area contributed by atoms with Gasteiger partial charge >= 0.3 is 6.18 Å². The van der Waals surface area contributed by atoms with Crippen molar-refractivity contribution >= 4 is 16.9 Å². The molecular formula is C20H23F3N4. The van der Waals surface area contributed by atoms with Crippen LogP contribution in [0, 0.1) is 5.92 Å². The van der Waals surface area contributed by atoms with Crippen LogP contribution in [0.5, 0.6) is 0 Å². The maximum absolute atomic E-state index is 12.2. The van der Waals surface area contributed by atoms with Gasteiger partial charge in [-0.3, -0.25) is 0 Å². The molecule has 1 aliphatic carbocycles. The van der Waals surface area contributed by atoms with Crippen molar-refractivity contribution in [3.63, 3.8) is 0 Å². The highest BCUT2D eigenvalue weighted by Gasteiger charge is 2.33. The summed E-state index contributed by atoms with van der Waals surface area (Å²) >= 11 is 0. The monoisotopic (exact) mass is 376 g/mol. The number of alkyl halides is 3. The van der Waals surface area contributed by atoms with Gasteiger partial charge in [-0.2, -0.15) is 13.2 Å². The molecule has 1 aromatic carbocycles. The van der Waals surface area contributed by atoms with E-state index in [2.05, 4.69) is 53.1 Å². The van der Waals surface area contributed by atoms with Gasteiger partial charge in [-0.05, 0) is 48.3 Å². The number of rotatable bonds is 1. The molecule has 0 saturated carbocycles. The lowest BCUT2D eigenvalue weighted by atomic mass is 9.75. The second-order valence-electron chi connectivity index (χ2n) is 6.93. The first-order chi connectivity index (χ1) is 12.8. The van der Waals surface area contributed by atoms with Gasteiger partial charge in [0.05, 0.1) is 5.39 Å². The van der Waals surface area contributed by atoms with E-state index < -0.39 is 11.9 Å². The molecule has 27 heavy (non-hydrogen) atoms. The normalized spacial score (nSPS) is 19.3. The van der Waals surface area contributed by atoms with Gasteiger partial charge in [0.2, 0.25) is 0 Å². The SMILES string of the molecule is CC[C@@H]1c2ccccc2CC[C@@H]1C.Nc1ncnc2[nH]c(C(F)(F)F)cc12. The molecule has 144 valence electrons. The first-order valence-electron chi connectivity index (χ1n) is 9.05. The van der Waals surface area contributed by atoms with Gasteiger partial charge in [0.1, 0.15) is 23.5 Å². The van der Waals surface area contributed by atoms with Crippen molar-refractivity contribution in [2.45, 2.75) is 45.2 Å². The number of fused-ring (bicyclic) bond motifs is 2. The number of benzene rings is 1. The van der Waals surface area contributed by atoms with Crippen LogP contribution in [-0.2, 0) is 12.6 Å². The van der Waals surface area contributed by atoms with Crippen molar-refractivity contribution < 1.29 is 13.2 Å². The highest BCUT2D eigenvalue weighted by atomic mass is 19.4. The number of aromatic amines is 1. The van der Waals surface area contributed by atoms with Crippen LogP contribution in [0.2, 0.25) is 0 Å². The minimum atomic E-state index is -4.42. The van der Waals surface area contributed by atoms with Crippen molar-refractivity contribution in [2.24, 2.45) is 5.92 Å². The van der Waals surface area contributed by atoms with Crippen molar-refractivity contribution in [2.75, 3.05) is 5.73 Å². The molecule has 0 fully saturated rings. The van der Waals surface area contributed by atoms with E-state index in [1.165, 1.54) is 19.3 Å². The van der Waals surface area contributed by atoms with Crippen LogP contribution >= 0.6 is 0 Å². The van der Waals surface area contributed by atoms with Crippen molar-refractivity contribution in [3.05, 3.63) is 53.5 Å². The molecule has 2 atom stereocenters. The Hall–Kier alpha value is -2.57. The number of aryl methyl sites for hydroxylation is 1. The van der Waals surface area contributed by atoms with E-state index in [1.54, 1.807) is 11.1 Å². The molecule has 0 aliphatic heterocycles. The molecule has 0 radical (unpaired) electrons. The molecule has 0 amide bonds. The summed E-state index contributed by atoms with van der Waals surface area (Å²) in [5.41, 5.74) is 7.79. The van der Waals surface area contributed by atoms with E-state index in [0.717, 1.165) is 24.2 Å². The summed E-state index contributed by atoms with van der Waals surface area (Å²) in [5.74, 6) is 1.71. The van der Waals surface area contributed by atoms with E-state index in [-0.39, 0.29) is 16.9 Å².